The number of piperidine rings is 1. The highest BCUT2D eigenvalue weighted by Gasteiger charge is 2.28. The number of rotatable bonds is 2. The molecule has 19 heavy (non-hydrogen) atoms. The van der Waals surface area contributed by atoms with Crippen molar-refractivity contribution in [1.29, 1.82) is 0 Å². The normalized spacial score (nSPS) is 19.0. The van der Waals surface area contributed by atoms with Gasteiger partial charge in [-0.15, -0.1) is 0 Å². The summed E-state index contributed by atoms with van der Waals surface area (Å²) in [4.78, 5) is 4.27. The van der Waals surface area contributed by atoms with Gasteiger partial charge in [0.1, 0.15) is 5.52 Å². The molecule has 0 saturated carbocycles. The van der Waals surface area contributed by atoms with Gasteiger partial charge in [-0.2, -0.15) is 4.31 Å². The standard InChI is InChI=1S/C13H16N2O3S/c1-10-4-6-15(7-5-10)19(16,17)11-2-3-12-13(8-11)18-9-14-12/h2-3,8-10H,4-7H2,1H3. The summed E-state index contributed by atoms with van der Waals surface area (Å²) < 4.78 is 31.8. The fraction of sp³-hybridized carbons (Fsp3) is 0.462. The zero-order valence-corrected chi connectivity index (χ0v) is 11.6. The van der Waals surface area contributed by atoms with Gasteiger partial charge in [-0.3, -0.25) is 0 Å². The summed E-state index contributed by atoms with van der Waals surface area (Å²) in [5.74, 6) is 0.600. The number of oxazole rings is 1. The fourth-order valence-corrected chi connectivity index (χ4v) is 3.86. The van der Waals surface area contributed by atoms with E-state index in [0.29, 0.717) is 30.1 Å². The summed E-state index contributed by atoms with van der Waals surface area (Å²) >= 11 is 0. The largest absolute Gasteiger partial charge is 0.443 e. The van der Waals surface area contributed by atoms with Gasteiger partial charge in [0.15, 0.2) is 12.0 Å². The van der Waals surface area contributed by atoms with Crippen molar-refractivity contribution in [3.05, 3.63) is 24.6 Å². The minimum absolute atomic E-state index is 0.284. The summed E-state index contributed by atoms with van der Waals surface area (Å²) in [6.07, 6.45) is 3.16. The molecule has 102 valence electrons. The Balaban J connectivity index is 1.94. The first-order valence-corrected chi connectivity index (χ1v) is 7.85. The number of fused-ring (bicyclic) bond motifs is 1. The number of aromatic nitrogens is 1. The fourth-order valence-electron chi connectivity index (χ4n) is 2.37. The summed E-state index contributed by atoms with van der Waals surface area (Å²) in [6, 6.07) is 4.83. The van der Waals surface area contributed by atoms with Crippen molar-refractivity contribution in [3.63, 3.8) is 0 Å². The van der Waals surface area contributed by atoms with Crippen molar-refractivity contribution in [2.75, 3.05) is 13.1 Å². The van der Waals surface area contributed by atoms with Crippen molar-refractivity contribution in [1.82, 2.24) is 9.29 Å². The molecule has 2 heterocycles. The Morgan fingerprint density at radius 3 is 2.79 bits per heavy atom. The third kappa shape index (κ3) is 2.26. The molecule has 1 aromatic heterocycles. The van der Waals surface area contributed by atoms with Crippen LogP contribution in [-0.2, 0) is 10.0 Å². The minimum atomic E-state index is -3.41. The molecule has 1 aliphatic heterocycles. The van der Waals surface area contributed by atoms with E-state index in [2.05, 4.69) is 11.9 Å². The second kappa shape index (κ2) is 4.61. The van der Waals surface area contributed by atoms with Gasteiger partial charge in [-0.1, -0.05) is 6.92 Å². The van der Waals surface area contributed by atoms with Gasteiger partial charge in [-0.05, 0) is 30.9 Å². The number of nitrogens with zero attached hydrogens (tertiary/aromatic N) is 2. The van der Waals surface area contributed by atoms with E-state index in [-0.39, 0.29) is 4.90 Å². The summed E-state index contributed by atoms with van der Waals surface area (Å²) in [7, 11) is -3.41. The van der Waals surface area contributed by atoms with Crippen LogP contribution in [-0.4, -0.2) is 30.8 Å². The topological polar surface area (TPSA) is 63.4 Å². The van der Waals surface area contributed by atoms with Gasteiger partial charge < -0.3 is 4.42 Å². The van der Waals surface area contributed by atoms with Gasteiger partial charge >= 0.3 is 0 Å². The predicted octanol–water partition coefficient (Wildman–Crippen LogP) is 2.25. The zero-order chi connectivity index (χ0) is 13.5. The molecular weight excluding hydrogens is 264 g/mol. The van der Waals surface area contributed by atoms with Crippen LogP contribution in [0.25, 0.3) is 11.1 Å². The first-order chi connectivity index (χ1) is 9.07. The van der Waals surface area contributed by atoms with Crippen molar-refractivity contribution >= 4 is 21.1 Å². The van der Waals surface area contributed by atoms with Crippen LogP contribution in [0, 0.1) is 5.92 Å². The van der Waals surface area contributed by atoms with Gasteiger partial charge in [0, 0.05) is 19.2 Å². The van der Waals surface area contributed by atoms with E-state index in [1.165, 1.54) is 6.39 Å². The van der Waals surface area contributed by atoms with Crippen LogP contribution in [0.3, 0.4) is 0 Å². The van der Waals surface area contributed by atoms with Crippen molar-refractivity contribution in [2.24, 2.45) is 5.92 Å². The molecule has 0 amide bonds. The first kappa shape index (κ1) is 12.6. The van der Waals surface area contributed by atoms with Crippen LogP contribution in [0.5, 0.6) is 0 Å². The highest BCUT2D eigenvalue weighted by Crippen LogP contribution is 2.25. The second-order valence-corrected chi connectivity index (χ2v) is 7.01. The highest BCUT2D eigenvalue weighted by atomic mass is 32.2. The average molecular weight is 280 g/mol. The number of sulfonamides is 1. The van der Waals surface area contributed by atoms with Crippen LogP contribution in [0.2, 0.25) is 0 Å². The molecule has 1 aromatic carbocycles. The Morgan fingerprint density at radius 2 is 2.05 bits per heavy atom. The molecule has 2 aromatic rings. The van der Waals surface area contributed by atoms with Gasteiger partial charge in [0.2, 0.25) is 10.0 Å². The van der Waals surface area contributed by atoms with Gasteiger partial charge in [0.25, 0.3) is 0 Å². The van der Waals surface area contributed by atoms with E-state index in [1.807, 2.05) is 0 Å². The minimum Gasteiger partial charge on any atom is -0.443 e. The van der Waals surface area contributed by atoms with E-state index in [1.54, 1.807) is 22.5 Å². The van der Waals surface area contributed by atoms with Crippen LogP contribution in [0.15, 0.2) is 33.9 Å². The molecule has 1 aliphatic rings. The van der Waals surface area contributed by atoms with E-state index in [0.717, 1.165) is 12.8 Å². The molecule has 0 atom stereocenters. The van der Waals surface area contributed by atoms with E-state index in [4.69, 9.17) is 4.42 Å². The Morgan fingerprint density at radius 1 is 1.32 bits per heavy atom. The monoisotopic (exact) mass is 280 g/mol. The third-order valence-electron chi connectivity index (χ3n) is 3.68. The maximum absolute atomic E-state index is 12.5. The molecular formula is C13H16N2O3S. The number of hydrogen-bond acceptors (Lipinski definition) is 4. The molecule has 0 unspecified atom stereocenters. The summed E-state index contributed by atoms with van der Waals surface area (Å²) in [6.45, 7) is 3.35. The lowest BCUT2D eigenvalue weighted by Crippen LogP contribution is -2.37. The molecule has 0 bridgehead atoms. The van der Waals surface area contributed by atoms with E-state index < -0.39 is 10.0 Å². The lowest BCUT2D eigenvalue weighted by molar-refractivity contribution is 0.288. The molecule has 6 heteroatoms. The predicted molar refractivity (Wildman–Crippen MR) is 71.2 cm³/mol. The smallest absolute Gasteiger partial charge is 0.243 e. The zero-order valence-electron chi connectivity index (χ0n) is 10.7. The molecule has 0 N–H and O–H groups in total. The lowest BCUT2D eigenvalue weighted by Gasteiger charge is -2.29. The highest BCUT2D eigenvalue weighted by molar-refractivity contribution is 7.89. The van der Waals surface area contributed by atoms with Crippen LogP contribution >= 0.6 is 0 Å². The quantitative estimate of drug-likeness (QED) is 0.846. The number of benzene rings is 1. The molecule has 5 nitrogen and oxygen atoms in total. The molecule has 0 aliphatic carbocycles. The van der Waals surface area contributed by atoms with E-state index in [9.17, 15) is 8.42 Å². The Labute approximate surface area is 112 Å². The van der Waals surface area contributed by atoms with Gasteiger partial charge in [0.05, 0.1) is 4.90 Å². The van der Waals surface area contributed by atoms with Gasteiger partial charge in [-0.25, -0.2) is 13.4 Å². The Bertz CT molecular complexity index is 685. The lowest BCUT2D eigenvalue weighted by atomic mass is 10.0. The van der Waals surface area contributed by atoms with Crippen LogP contribution < -0.4 is 0 Å². The number of hydrogen-bond donors (Lipinski definition) is 0. The van der Waals surface area contributed by atoms with Crippen molar-refractivity contribution < 1.29 is 12.8 Å². The summed E-state index contributed by atoms with van der Waals surface area (Å²) in [5, 5.41) is 0. The maximum atomic E-state index is 12.5. The third-order valence-corrected chi connectivity index (χ3v) is 5.58. The van der Waals surface area contributed by atoms with Crippen LogP contribution in [0.4, 0.5) is 0 Å². The van der Waals surface area contributed by atoms with Crippen molar-refractivity contribution in [3.8, 4) is 0 Å². The van der Waals surface area contributed by atoms with Crippen molar-refractivity contribution in [2.45, 2.75) is 24.7 Å². The van der Waals surface area contributed by atoms with Crippen LogP contribution in [0.1, 0.15) is 19.8 Å². The molecule has 0 radical (unpaired) electrons. The molecule has 0 spiro atoms. The first-order valence-electron chi connectivity index (χ1n) is 6.41. The molecule has 1 saturated heterocycles. The summed E-state index contributed by atoms with van der Waals surface area (Å²) in [5.41, 5.74) is 1.18. The molecule has 3 rings (SSSR count). The average Bonchev–Trinajstić information content (AvgIpc) is 2.86. The molecule has 1 fully saturated rings. The Kier molecular flexibility index (Phi) is 3.06. The maximum Gasteiger partial charge on any atom is 0.243 e. The SMILES string of the molecule is CC1CCN(S(=O)(=O)c2ccc3ncoc3c2)CC1. The second-order valence-electron chi connectivity index (χ2n) is 5.07. The van der Waals surface area contributed by atoms with E-state index >= 15 is 0 Å². The Hall–Kier alpha value is -1.40.